The number of fused-ring (bicyclic) bond motifs is 1. The Bertz CT molecular complexity index is 1010. The van der Waals surface area contributed by atoms with Crippen molar-refractivity contribution in [1.82, 2.24) is 14.9 Å². The molecule has 0 aliphatic heterocycles. The molecule has 3 N–H and O–H groups in total. The second-order valence-corrected chi connectivity index (χ2v) is 6.80. The summed E-state index contributed by atoms with van der Waals surface area (Å²) in [6, 6.07) is 9.51. The number of para-hydroxylation sites is 1. The maximum Gasteiger partial charge on any atom is 0.318 e. The van der Waals surface area contributed by atoms with Crippen LogP contribution in [0.5, 0.6) is 0 Å². The van der Waals surface area contributed by atoms with Crippen LogP contribution in [0.4, 0.5) is 4.79 Å². The van der Waals surface area contributed by atoms with Crippen LogP contribution in [0.15, 0.2) is 57.0 Å². The summed E-state index contributed by atoms with van der Waals surface area (Å²) in [6.07, 6.45) is 1.52. The fraction of sp³-hybridized carbons (Fsp3) is 0.176. The molecule has 2 aromatic heterocycles. The molecule has 0 radical (unpaired) electrons. The Morgan fingerprint density at radius 3 is 2.77 bits per heavy atom. The molecule has 0 aliphatic rings. The maximum atomic E-state index is 12.9. The minimum Gasteiger partial charge on any atom is -0.467 e. The van der Waals surface area contributed by atoms with Gasteiger partial charge in [0.15, 0.2) is 5.16 Å². The summed E-state index contributed by atoms with van der Waals surface area (Å²) in [4.78, 5) is 40.2. The van der Waals surface area contributed by atoms with E-state index >= 15 is 0 Å². The molecule has 0 saturated heterocycles. The highest BCUT2D eigenvalue weighted by atomic mass is 32.2. The summed E-state index contributed by atoms with van der Waals surface area (Å²) in [6.45, 7) is 1.78. The third-order valence-electron chi connectivity index (χ3n) is 3.62. The monoisotopic (exact) mass is 372 g/mol. The van der Waals surface area contributed by atoms with Gasteiger partial charge in [0.05, 0.1) is 29.0 Å². The first-order valence-electron chi connectivity index (χ1n) is 7.74. The number of hydrogen-bond donors (Lipinski definition) is 2. The first-order chi connectivity index (χ1) is 12.5. The van der Waals surface area contributed by atoms with E-state index in [-0.39, 0.29) is 12.1 Å². The van der Waals surface area contributed by atoms with Crippen molar-refractivity contribution in [3.05, 3.63) is 58.8 Å². The zero-order chi connectivity index (χ0) is 18.7. The number of primary amides is 1. The van der Waals surface area contributed by atoms with E-state index in [2.05, 4.69) is 4.98 Å². The van der Waals surface area contributed by atoms with E-state index in [0.717, 1.165) is 11.8 Å². The van der Waals surface area contributed by atoms with Crippen molar-refractivity contribution in [2.45, 2.75) is 23.9 Å². The molecule has 26 heavy (non-hydrogen) atoms. The van der Waals surface area contributed by atoms with Crippen LogP contribution in [0.3, 0.4) is 0 Å². The Labute approximate surface area is 152 Å². The summed E-state index contributed by atoms with van der Waals surface area (Å²) in [7, 11) is 0. The highest BCUT2D eigenvalue weighted by Gasteiger charge is 2.20. The van der Waals surface area contributed by atoms with Crippen molar-refractivity contribution in [1.29, 1.82) is 0 Å². The molecule has 9 heteroatoms. The fourth-order valence-electron chi connectivity index (χ4n) is 2.37. The number of urea groups is 1. The molecule has 3 amide bonds. The van der Waals surface area contributed by atoms with Gasteiger partial charge >= 0.3 is 6.03 Å². The number of nitrogens with zero attached hydrogens (tertiary/aromatic N) is 2. The van der Waals surface area contributed by atoms with Gasteiger partial charge in [0, 0.05) is 0 Å². The number of carbonyl (C=O) groups excluding carboxylic acids is 2. The average molecular weight is 372 g/mol. The van der Waals surface area contributed by atoms with E-state index in [1.807, 2.05) is 5.32 Å². The Kier molecular flexibility index (Phi) is 5.08. The number of amides is 3. The van der Waals surface area contributed by atoms with Crippen LogP contribution in [0.2, 0.25) is 0 Å². The lowest BCUT2D eigenvalue weighted by molar-refractivity contribution is -0.119. The van der Waals surface area contributed by atoms with Gasteiger partial charge in [-0.05, 0) is 31.2 Å². The van der Waals surface area contributed by atoms with Gasteiger partial charge in [0.1, 0.15) is 5.76 Å². The minimum absolute atomic E-state index is 0.177. The van der Waals surface area contributed by atoms with Gasteiger partial charge in [-0.2, -0.15) is 0 Å². The number of rotatable bonds is 5. The molecule has 1 aromatic carbocycles. The number of carbonyl (C=O) groups is 2. The van der Waals surface area contributed by atoms with Gasteiger partial charge in [-0.1, -0.05) is 23.9 Å². The molecule has 3 aromatic rings. The van der Waals surface area contributed by atoms with Gasteiger partial charge in [-0.25, -0.2) is 9.78 Å². The predicted molar refractivity (Wildman–Crippen MR) is 96.9 cm³/mol. The standard InChI is InChI=1S/C17H16N4O4S/c1-10(14(22)20-16(18)24)26-17-19-13-7-3-2-6-12(13)15(23)21(17)9-11-5-4-8-25-11/h2-8,10H,9H2,1H3,(H3,18,20,22,24). The molecule has 134 valence electrons. The van der Waals surface area contributed by atoms with Crippen molar-refractivity contribution >= 4 is 34.6 Å². The number of thioether (sulfide) groups is 1. The second-order valence-electron chi connectivity index (χ2n) is 5.50. The fourth-order valence-corrected chi connectivity index (χ4v) is 3.28. The lowest BCUT2D eigenvalue weighted by Crippen LogP contribution is -2.39. The molecule has 0 spiro atoms. The molecule has 8 nitrogen and oxygen atoms in total. The highest BCUT2D eigenvalue weighted by molar-refractivity contribution is 8.00. The number of nitrogens with one attached hydrogen (secondary N) is 1. The normalized spacial score (nSPS) is 12.0. The van der Waals surface area contributed by atoms with Crippen molar-refractivity contribution in [3.63, 3.8) is 0 Å². The second kappa shape index (κ2) is 7.44. The minimum atomic E-state index is -0.929. The van der Waals surface area contributed by atoms with Crippen LogP contribution >= 0.6 is 11.8 Å². The molecular formula is C17H16N4O4S. The average Bonchev–Trinajstić information content (AvgIpc) is 3.11. The smallest absolute Gasteiger partial charge is 0.318 e. The molecule has 0 aliphatic carbocycles. The number of furan rings is 1. The number of imide groups is 1. The van der Waals surface area contributed by atoms with Crippen LogP contribution in [-0.4, -0.2) is 26.7 Å². The number of nitrogens with two attached hydrogens (primary N) is 1. The topological polar surface area (TPSA) is 120 Å². The summed E-state index contributed by atoms with van der Waals surface area (Å²) in [5, 5.41) is 2.16. The molecule has 2 heterocycles. The zero-order valence-electron chi connectivity index (χ0n) is 13.8. The SMILES string of the molecule is CC(Sc1nc2ccccc2c(=O)n1Cc1ccco1)C(=O)NC(N)=O. The Morgan fingerprint density at radius 2 is 2.08 bits per heavy atom. The van der Waals surface area contributed by atoms with E-state index in [4.69, 9.17) is 10.2 Å². The summed E-state index contributed by atoms with van der Waals surface area (Å²) >= 11 is 1.06. The van der Waals surface area contributed by atoms with Gasteiger partial charge in [0.25, 0.3) is 5.56 Å². The van der Waals surface area contributed by atoms with Gasteiger partial charge in [-0.3, -0.25) is 19.5 Å². The lowest BCUT2D eigenvalue weighted by Gasteiger charge is -2.15. The quantitative estimate of drug-likeness (QED) is 0.520. The molecular weight excluding hydrogens is 356 g/mol. The van der Waals surface area contributed by atoms with Crippen LogP contribution in [0.1, 0.15) is 12.7 Å². The van der Waals surface area contributed by atoms with E-state index in [9.17, 15) is 14.4 Å². The summed E-state index contributed by atoms with van der Waals surface area (Å²) in [5.41, 5.74) is 5.27. The predicted octanol–water partition coefficient (Wildman–Crippen LogP) is 1.71. The molecule has 0 fully saturated rings. The van der Waals surface area contributed by atoms with Crippen LogP contribution < -0.4 is 16.6 Å². The van der Waals surface area contributed by atoms with Gasteiger partial charge in [-0.15, -0.1) is 0 Å². The van der Waals surface area contributed by atoms with Gasteiger partial charge in [0.2, 0.25) is 5.91 Å². The van der Waals surface area contributed by atoms with E-state index in [0.29, 0.717) is 21.8 Å². The third kappa shape index (κ3) is 3.77. The Hall–Kier alpha value is -3.07. The maximum absolute atomic E-state index is 12.9. The van der Waals surface area contributed by atoms with Crippen molar-refractivity contribution in [2.24, 2.45) is 5.73 Å². The van der Waals surface area contributed by atoms with E-state index in [1.165, 1.54) is 10.8 Å². The van der Waals surface area contributed by atoms with Crippen molar-refractivity contribution in [2.75, 3.05) is 0 Å². The zero-order valence-corrected chi connectivity index (χ0v) is 14.7. The van der Waals surface area contributed by atoms with Crippen LogP contribution in [0.25, 0.3) is 10.9 Å². The molecule has 0 saturated carbocycles. The van der Waals surface area contributed by atoms with Crippen LogP contribution in [0, 0.1) is 0 Å². The number of aromatic nitrogens is 2. The molecule has 1 atom stereocenters. The molecule has 0 bridgehead atoms. The molecule has 3 rings (SSSR count). The van der Waals surface area contributed by atoms with Gasteiger partial charge < -0.3 is 10.2 Å². The first kappa shape index (κ1) is 17.7. The largest absolute Gasteiger partial charge is 0.467 e. The van der Waals surface area contributed by atoms with E-state index < -0.39 is 17.2 Å². The first-order valence-corrected chi connectivity index (χ1v) is 8.62. The number of benzene rings is 1. The Morgan fingerprint density at radius 1 is 1.31 bits per heavy atom. The summed E-state index contributed by atoms with van der Waals surface area (Å²) < 4.78 is 6.77. The highest BCUT2D eigenvalue weighted by Crippen LogP contribution is 2.23. The van der Waals surface area contributed by atoms with Crippen molar-refractivity contribution in [3.8, 4) is 0 Å². The number of hydrogen-bond acceptors (Lipinski definition) is 6. The summed E-state index contributed by atoms with van der Waals surface area (Å²) in [5.74, 6) is 0.0229. The van der Waals surface area contributed by atoms with E-state index in [1.54, 1.807) is 43.3 Å². The van der Waals surface area contributed by atoms with Crippen LogP contribution in [-0.2, 0) is 11.3 Å². The Balaban J connectivity index is 2.03. The third-order valence-corrected chi connectivity index (χ3v) is 4.71. The molecule has 1 unspecified atom stereocenters. The van der Waals surface area contributed by atoms with Crippen molar-refractivity contribution < 1.29 is 14.0 Å². The lowest BCUT2D eigenvalue weighted by atomic mass is 10.2.